The number of carbonyl (C=O) groups excluding carboxylic acids is 2. The van der Waals surface area contributed by atoms with Crippen molar-refractivity contribution in [1.29, 1.82) is 0 Å². The molecule has 34 heavy (non-hydrogen) atoms. The highest BCUT2D eigenvalue weighted by molar-refractivity contribution is 5.99. The molecule has 9 nitrogen and oxygen atoms in total. The molecule has 1 fully saturated rings. The number of amides is 2. The number of pyridine rings is 1. The van der Waals surface area contributed by atoms with E-state index in [0.29, 0.717) is 5.75 Å². The van der Waals surface area contributed by atoms with Crippen molar-refractivity contribution in [3.8, 4) is 11.4 Å². The van der Waals surface area contributed by atoms with Gasteiger partial charge in [0.05, 0.1) is 19.0 Å². The van der Waals surface area contributed by atoms with Crippen LogP contribution < -0.4 is 20.8 Å². The predicted octanol–water partition coefficient (Wildman–Crippen LogP) is 2.84. The van der Waals surface area contributed by atoms with E-state index >= 15 is 0 Å². The van der Waals surface area contributed by atoms with Gasteiger partial charge in [-0.15, -0.1) is 0 Å². The molecule has 0 unspecified atom stereocenters. The summed E-state index contributed by atoms with van der Waals surface area (Å²) < 4.78 is 8.80. The van der Waals surface area contributed by atoms with Crippen LogP contribution in [0.5, 0.6) is 5.75 Å². The van der Waals surface area contributed by atoms with Crippen LogP contribution in [0.25, 0.3) is 5.69 Å². The fourth-order valence-electron chi connectivity index (χ4n) is 4.27. The van der Waals surface area contributed by atoms with Gasteiger partial charge in [0.1, 0.15) is 16.9 Å². The van der Waals surface area contributed by atoms with Gasteiger partial charge in [-0.25, -0.2) is 4.68 Å². The van der Waals surface area contributed by atoms with Gasteiger partial charge in [-0.3, -0.25) is 14.4 Å². The first kappa shape index (κ1) is 23.3. The van der Waals surface area contributed by atoms with Crippen LogP contribution in [0.3, 0.4) is 0 Å². The zero-order chi connectivity index (χ0) is 24.1. The standard InChI is InChI=1S/C25H29N5O4/c1-26-24(32)21-15-29(18-7-4-3-5-8-18)16-22(23(21)31)25(33)27-12-17-13-28-30(14-17)19-9-6-10-20(11-19)34-2/h6,9-11,13-16,18H,3-5,7-8,12H2,1-2H3,(H,26,32)(H,27,33). The van der Waals surface area contributed by atoms with Gasteiger partial charge in [-0.05, 0) is 25.0 Å². The lowest BCUT2D eigenvalue weighted by molar-refractivity contribution is 0.0948. The molecule has 2 aromatic heterocycles. The Balaban J connectivity index is 1.54. The van der Waals surface area contributed by atoms with Crippen molar-refractivity contribution in [2.24, 2.45) is 0 Å². The van der Waals surface area contributed by atoms with E-state index in [1.54, 1.807) is 36.6 Å². The third-order valence-electron chi connectivity index (χ3n) is 6.17. The minimum atomic E-state index is -0.573. The largest absolute Gasteiger partial charge is 0.497 e. The van der Waals surface area contributed by atoms with E-state index in [2.05, 4.69) is 15.7 Å². The fourth-order valence-corrected chi connectivity index (χ4v) is 4.27. The number of hydrogen-bond donors (Lipinski definition) is 2. The minimum Gasteiger partial charge on any atom is -0.497 e. The van der Waals surface area contributed by atoms with E-state index in [1.165, 1.54) is 13.5 Å². The van der Waals surface area contributed by atoms with Gasteiger partial charge in [0.15, 0.2) is 0 Å². The van der Waals surface area contributed by atoms with Crippen LogP contribution in [-0.4, -0.2) is 40.3 Å². The van der Waals surface area contributed by atoms with Gasteiger partial charge >= 0.3 is 0 Å². The van der Waals surface area contributed by atoms with Gasteiger partial charge in [0.25, 0.3) is 11.8 Å². The molecule has 2 amide bonds. The summed E-state index contributed by atoms with van der Waals surface area (Å²) in [5.74, 6) is -0.300. The third-order valence-corrected chi connectivity index (χ3v) is 6.17. The number of ether oxygens (including phenoxy) is 1. The molecule has 0 saturated heterocycles. The van der Waals surface area contributed by atoms with Crippen LogP contribution in [0.2, 0.25) is 0 Å². The Kier molecular flexibility index (Phi) is 7.10. The number of aromatic nitrogens is 3. The lowest BCUT2D eigenvalue weighted by Gasteiger charge is -2.25. The highest BCUT2D eigenvalue weighted by Gasteiger charge is 2.22. The maximum Gasteiger partial charge on any atom is 0.257 e. The zero-order valence-electron chi connectivity index (χ0n) is 19.4. The molecule has 1 aliphatic rings. The van der Waals surface area contributed by atoms with E-state index in [-0.39, 0.29) is 23.7 Å². The first-order valence-electron chi connectivity index (χ1n) is 11.4. The van der Waals surface area contributed by atoms with Crippen molar-refractivity contribution < 1.29 is 14.3 Å². The molecule has 1 saturated carbocycles. The Bertz CT molecular complexity index is 1240. The summed E-state index contributed by atoms with van der Waals surface area (Å²) in [5.41, 5.74) is 0.964. The summed E-state index contributed by atoms with van der Waals surface area (Å²) in [6.07, 6.45) is 11.9. The SMILES string of the molecule is CNC(=O)c1cn(C2CCCCC2)cc(C(=O)NCc2cnn(-c3cccc(OC)c3)c2)c1=O. The highest BCUT2D eigenvalue weighted by atomic mass is 16.5. The summed E-state index contributed by atoms with van der Waals surface area (Å²) >= 11 is 0. The monoisotopic (exact) mass is 463 g/mol. The fraction of sp³-hybridized carbons (Fsp3) is 0.360. The van der Waals surface area contributed by atoms with E-state index in [9.17, 15) is 14.4 Å². The number of benzene rings is 1. The molecule has 178 valence electrons. The summed E-state index contributed by atoms with van der Waals surface area (Å²) in [6.45, 7) is 0.190. The minimum absolute atomic E-state index is 0.0217. The first-order chi connectivity index (χ1) is 16.5. The molecular formula is C25H29N5O4. The molecule has 1 aliphatic carbocycles. The van der Waals surface area contributed by atoms with Gasteiger partial charge in [0, 0.05) is 49.9 Å². The van der Waals surface area contributed by atoms with Crippen molar-refractivity contribution in [2.45, 2.75) is 44.7 Å². The van der Waals surface area contributed by atoms with Crippen molar-refractivity contribution in [1.82, 2.24) is 25.0 Å². The number of carbonyl (C=O) groups is 2. The number of rotatable bonds is 7. The van der Waals surface area contributed by atoms with Crippen molar-refractivity contribution in [2.75, 3.05) is 14.2 Å². The second-order valence-corrected chi connectivity index (χ2v) is 8.41. The van der Waals surface area contributed by atoms with Gasteiger partial charge < -0.3 is 19.9 Å². The Labute approximate surface area is 197 Å². The molecule has 2 N–H and O–H groups in total. The lowest BCUT2D eigenvalue weighted by Crippen LogP contribution is -2.35. The van der Waals surface area contributed by atoms with Crippen LogP contribution in [0, 0.1) is 0 Å². The molecule has 0 spiro atoms. The molecule has 3 aromatic rings. The van der Waals surface area contributed by atoms with Crippen LogP contribution in [0.1, 0.15) is 64.4 Å². The molecule has 4 rings (SSSR count). The molecule has 0 bridgehead atoms. The molecule has 0 radical (unpaired) electrons. The normalized spacial score (nSPS) is 13.9. The number of methoxy groups -OCH3 is 1. The summed E-state index contributed by atoms with van der Waals surface area (Å²) in [6, 6.07) is 7.64. The number of nitrogens with one attached hydrogen (secondary N) is 2. The lowest BCUT2D eigenvalue weighted by atomic mass is 9.95. The van der Waals surface area contributed by atoms with Gasteiger partial charge in [-0.2, -0.15) is 5.10 Å². The molecule has 9 heteroatoms. The summed E-state index contributed by atoms with van der Waals surface area (Å²) in [4.78, 5) is 38.3. The molecule has 0 aliphatic heterocycles. The first-order valence-corrected chi connectivity index (χ1v) is 11.4. The number of hydrogen-bond acceptors (Lipinski definition) is 5. The Hall–Kier alpha value is -3.88. The zero-order valence-corrected chi connectivity index (χ0v) is 19.4. The quantitative estimate of drug-likeness (QED) is 0.560. The average molecular weight is 464 g/mol. The van der Waals surface area contributed by atoms with Crippen molar-refractivity contribution in [3.63, 3.8) is 0 Å². The van der Waals surface area contributed by atoms with Crippen molar-refractivity contribution >= 4 is 11.8 Å². The Morgan fingerprint density at radius 1 is 1.09 bits per heavy atom. The van der Waals surface area contributed by atoms with Gasteiger partial charge in [-0.1, -0.05) is 25.3 Å². The summed E-state index contributed by atoms with van der Waals surface area (Å²) in [7, 11) is 3.07. The van der Waals surface area contributed by atoms with Gasteiger partial charge in [0.2, 0.25) is 5.43 Å². The third kappa shape index (κ3) is 5.03. The van der Waals surface area contributed by atoms with Crippen molar-refractivity contribution in [3.05, 3.63) is 76.0 Å². The van der Waals surface area contributed by atoms with Crippen LogP contribution in [0.4, 0.5) is 0 Å². The Morgan fingerprint density at radius 2 is 1.82 bits per heavy atom. The van der Waals surface area contributed by atoms with Crippen LogP contribution in [-0.2, 0) is 6.54 Å². The molecular weight excluding hydrogens is 434 g/mol. The van der Waals surface area contributed by atoms with E-state index < -0.39 is 17.2 Å². The second kappa shape index (κ2) is 10.4. The number of nitrogens with zero attached hydrogens (tertiary/aromatic N) is 3. The van der Waals surface area contributed by atoms with Crippen LogP contribution in [0.15, 0.2) is 53.8 Å². The Morgan fingerprint density at radius 3 is 2.53 bits per heavy atom. The predicted molar refractivity (Wildman–Crippen MR) is 128 cm³/mol. The topological polar surface area (TPSA) is 107 Å². The molecule has 2 heterocycles. The highest BCUT2D eigenvalue weighted by Crippen LogP contribution is 2.28. The maximum absolute atomic E-state index is 13.0. The maximum atomic E-state index is 13.0. The molecule has 1 aromatic carbocycles. The molecule has 0 atom stereocenters. The van der Waals surface area contributed by atoms with E-state index in [0.717, 1.165) is 36.9 Å². The van der Waals surface area contributed by atoms with E-state index in [4.69, 9.17) is 4.74 Å². The van der Waals surface area contributed by atoms with Crippen LogP contribution >= 0.6 is 0 Å². The smallest absolute Gasteiger partial charge is 0.257 e. The van der Waals surface area contributed by atoms with E-state index in [1.807, 2.05) is 28.8 Å². The second-order valence-electron chi connectivity index (χ2n) is 8.41. The average Bonchev–Trinajstić information content (AvgIpc) is 3.36. The summed E-state index contributed by atoms with van der Waals surface area (Å²) in [5, 5.41) is 9.64.